The van der Waals surface area contributed by atoms with Crippen molar-refractivity contribution in [3.05, 3.63) is 44.6 Å². The maximum atomic E-state index is 12.3. The molecule has 0 aliphatic heterocycles. The van der Waals surface area contributed by atoms with Gasteiger partial charge in [-0.3, -0.25) is 4.72 Å². The summed E-state index contributed by atoms with van der Waals surface area (Å²) in [5.74, 6) is -1.26. The van der Waals surface area contributed by atoms with Crippen molar-refractivity contribution in [3.8, 4) is 0 Å². The van der Waals surface area contributed by atoms with Crippen LogP contribution in [0.4, 0.5) is 5.69 Å². The monoisotopic (exact) mass is 375 g/mol. The van der Waals surface area contributed by atoms with Crippen molar-refractivity contribution in [3.63, 3.8) is 0 Å². The van der Waals surface area contributed by atoms with Crippen molar-refractivity contribution in [1.82, 2.24) is 0 Å². The van der Waals surface area contributed by atoms with Gasteiger partial charge in [-0.15, -0.1) is 11.3 Å². The van der Waals surface area contributed by atoms with Gasteiger partial charge < -0.3 is 5.11 Å². The molecule has 8 heteroatoms. The van der Waals surface area contributed by atoms with E-state index in [1.54, 1.807) is 25.1 Å². The summed E-state index contributed by atoms with van der Waals surface area (Å²) in [7, 11) is -3.93. The van der Waals surface area contributed by atoms with Crippen LogP contribution in [0.2, 0.25) is 0 Å². The number of thiophene rings is 1. The number of carbonyl (C=O) groups is 1. The molecule has 2 aromatic rings. The zero-order valence-corrected chi connectivity index (χ0v) is 13.5. The number of carboxylic acids is 1. The Hall–Kier alpha value is -1.38. The van der Waals surface area contributed by atoms with Crippen LogP contribution in [0.25, 0.3) is 0 Å². The molecule has 0 atom stereocenters. The fourth-order valence-electron chi connectivity index (χ4n) is 1.58. The zero-order chi connectivity index (χ0) is 14.9. The lowest BCUT2D eigenvalue weighted by atomic mass is 10.2. The molecule has 0 aliphatic rings. The minimum absolute atomic E-state index is 0.204. The highest BCUT2D eigenvalue weighted by atomic mass is 79.9. The first-order valence-electron chi connectivity index (χ1n) is 5.41. The third-order valence-corrected chi connectivity index (χ3v) is 5.92. The number of halogens is 1. The van der Waals surface area contributed by atoms with Crippen LogP contribution >= 0.6 is 27.3 Å². The Labute approximate surface area is 128 Å². The van der Waals surface area contributed by atoms with E-state index < -0.39 is 16.0 Å². The molecular formula is C12H10BrNO4S2. The molecular weight excluding hydrogens is 366 g/mol. The number of aromatic carboxylic acids is 1. The Balaban J connectivity index is 2.44. The van der Waals surface area contributed by atoms with Gasteiger partial charge in [0.25, 0.3) is 10.0 Å². The maximum absolute atomic E-state index is 12.3. The summed E-state index contributed by atoms with van der Waals surface area (Å²) < 4.78 is 27.7. The number of carboxylic acid groups (broad SMARTS) is 1. The Morgan fingerprint density at radius 2 is 2.05 bits per heavy atom. The number of rotatable bonds is 4. The van der Waals surface area contributed by atoms with Crippen LogP contribution in [0.5, 0.6) is 0 Å². The van der Waals surface area contributed by atoms with Crippen molar-refractivity contribution >= 4 is 48.9 Å². The lowest BCUT2D eigenvalue weighted by Crippen LogP contribution is -2.15. The number of anilines is 1. The van der Waals surface area contributed by atoms with Crippen LogP contribution in [0.3, 0.4) is 0 Å². The summed E-state index contributed by atoms with van der Waals surface area (Å²) in [6.07, 6.45) is 0. The topological polar surface area (TPSA) is 83.5 Å². The predicted molar refractivity (Wildman–Crippen MR) is 81.0 cm³/mol. The zero-order valence-electron chi connectivity index (χ0n) is 10.3. The minimum Gasteiger partial charge on any atom is -0.477 e. The normalized spacial score (nSPS) is 11.3. The lowest BCUT2D eigenvalue weighted by molar-refractivity contribution is 0.0698. The molecule has 1 heterocycles. The van der Waals surface area contributed by atoms with Gasteiger partial charge in [0.15, 0.2) is 0 Å². The van der Waals surface area contributed by atoms with Gasteiger partial charge in [0, 0.05) is 4.47 Å². The van der Waals surface area contributed by atoms with E-state index in [0.29, 0.717) is 5.69 Å². The minimum atomic E-state index is -3.93. The fraction of sp³-hybridized carbons (Fsp3) is 0.0833. The molecule has 0 bridgehead atoms. The van der Waals surface area contributed by atoms with E-state index in [-0.39, 0.29) is 9.77 Å². The predicted octanol–water partition coefficient (Wildman–Crippen LogP) is 3.32. The Bertz CT molecular complexity index is 768. The second-order valence-corrected chi connectivity index (χ2v) is 7.36. The molecule has 1 aromatic carbocycles. The third-order valence-electron chi connectivity index (χ3n) is 2.62. The first kappa shape index (κ1) is 15.0. The largest absolute Gasteiger partial charge is 0.477 e. The highest BCUT2D eigenvalue weighted by molar-refractivity contribution is 9.10. The molecule has 106 valence electrons. The number of nitrogens with one attached hydrogen (secondary N) is 1. The number of sulfonamides is 1. The molecule has 1 aromatic heterocycles. The molecule has 20 heavy (non-hydrogen) atoms. The first-order valence-corrected chi connectivity index (χ1v) is 8.57. The average molecular weight is 376 g/mol. The van der Waals surface area contributed by atoms with E-state index in [1.165, 1.54) is 11.4 Å². The molecule has 2 N–H and O–H groups in total. The molecule has 0 spiro atoms. The lowest BCUT2D eigenvalue weighted by Gasteiger charge is -2.11. The maximum Gasteiger partial charge on any atom is 0.347 e. The highest BCUT2D eigenvalue weighted by Crippen LogP contribution is 2.28. The average Bonchev–Trinajstić information content (AvgIpc) is 2.85. The SMILES string of the molecule is Cc1c(Br)cccc1NS(=O)(=O)c1ccsc1C(=O)O. The van der Waals surface area contributed by atoms with Gasteiger partial charge in [-0.05, 0) is 36.1 Å². The van der Waals surface area contributed by atoms with Gasteiger partial charge in [-0.1, -0.05) is 22.0 Å². The molecule has 5 nitrogen and oxygen atoms in total. The van der Waals surface area contributed by atoms with E-state index >= 15 is 0 Å². The van der Waals surface area contributed by atoms with Crippen LogP contribution in [-0.2, 0) is 10.0 Å². The Morgan fingerprint density at radius 1 is 1.35 bits per heavy atom. The summed E-state index contributed by atoms with van der Waals surface area (Å²) in [5, 5.41) is 10.4. The standard InChI is InChI=1S/C12H10BrNO4S2/c1-7-8(13)3-2-4-9(7)14-20(17,18)10-5-6-19-11(10)12(15)16/h2-6,14H,1H3,(H,15,16). The summed E-state index contributed by atoms with van der Waals surface area (Å²) in [5.41, 5.74) is 1.13. The van der Waals surface area contributed by atoms with Crippen molar-refractivity contribution in [2.75, 3.05) is 4.72 Å². The summed E-state index contributed by atoms with van der Waals surface area (Å²) in [6.45, 7) is 1.76. The van der Waals surface area contributed by atoms with Crippen LogP contribution in [-0.4, -0.2) is 19.5 Å². The van der Waals surface area contributed by atoms with E-state index in [2.05, 4.69) is 20.7 Å². The second-order valence-electron chi connectivity index (χ2n) is 3.94. The molecule has 0 unspecified atom stereocenters. The molecule has 0 saturated carbocycles. The van der Waals surface area contributed by atoms with Gasteiger partial charge in [0.05, 0.1) is 5.69 Å². The van der Waals surface area contributed by atoms with Gasteiger partial charge >= 0.3 is 5.97 Å². The van der Waals surface area contributed by atoms with Gasteiger partial charge in [-0.25, -0.2) is 13.2 Å². The summed E-state index contributed by atoms with van der Waals surface area (Å²) in [4.78, 5) is 10.6. The van der Waals surface area contributed by atoms with E-state index in [1.807, 2.05) is 0 Å². The Morgan fingerprint density at radius 3 is 2.70 bits per heavy atom. The molecule has 2 rings (SSSR count). The molecule has 0 saturated heterocycles. The van der Waals surface area contributed by atoms with Gasteiger partial charge in [0.1, 0.15) is 9.77 Å². The van der Waals surface area contributed by atoms with Crippen molar-refractivity contribution in [2.24, 2.45) is 0 Å². The van der Waals surface area contributed by atoms with Crippen molar-refractivity contribution in [2.45, 2.75) is 11.8 Å². The smallest absolute Gasteiger partial charge is 0.347 e. The number of benzene rings is 1. The van der Waals surface area contributed by atoms with Crippen LogP contribution < -0.4 is 4.72 Å². The van der Waals surface area contributed by atoms with Crippen LogP contribution in [0, 0.1) is 6.92 Å². The molecule has 0 radical (unpaired) electrons. The number of hydrogen-bond donors (Lipinski definition) is 2. The van der Waals surface area contributed by atoms with E-state index in [4.69, 9.17) is 5.11 Å². The van der Waals surface area contributed by atoms with E-state index in [0.717, 1.165) is 21.4 Å². The van der Waals surface area contributed by atoms with Gasteiger partial charge in [0.2, 0.25) is 0 Å². The summed E-state index contributed by atoms with van der Waals surface area (Å²) >= 11 is 4.19. The third kappa shape index (κ3) is 2.87. The second kappa shape index (κ2) is 5.55. The molecule has 0 aliphatic carbocycles. The quantitative estimate of drug-likeness (QED) is 0.858. The van der Waals surface area contributed by atoms with E-state index in [9.17, 15) is 13.2 Å². The fourth-order valence-corrected chi connectivity index (χ4v) is 4.33. The summed E-state index contributed by atoms with van der Waals surface area (Å²) in [6, 6.07) is 6.38. The van der Waals surface area contributed by atoms with Gasteiger partial charge in [-0.2, -0.15) is 0 Å². The highest BCUT2D eigenvalue weighted by Gasteiger charge is 2.24. The van der Waals surface area contributed by atoms with Crippen molar-refractivity contribution < 1.29 is 18.3 Å². The molecule has 0 fully saturated rings. The molecule has 0 amide bonds. The van der Waals surface area contributed by atoms with Crippen molar-refractivity contribution in [1.29, 1.82) is 0 Å². The number of hydrogen-bond acceptors (Lipinski definition) is 4. The van der Waals surface area contributed by atoms with Crippen LogP contribution in [0.15, 0.2) is 39.0 Å². The first-order chi connectivity index (χ1) is 9.33. The van der Waals surface area contributed by atoms with Crippen LogP contribution in [0.1, 0.15) is 15.2 Å². The Kier molecular flexibility index (Phi) is 4.17.